The molecule has 10 heteroatoms. The number of aromatic nitrogens is 3. The van der Waals surface area contributed by atoms with Gasteiger partial charge in [0.15, 0.2) is 29.1 Å². The van der Waals surface area contributed by atoms with E-state index in [1.165, 1.54) is 6.07 Å². The van der Waals surface area contributed by atoms with E-state index in [-0.39, 0.29) is 36.3 Å². The molecule has 0 aliphatic heterocycles. The van der Waals surface area contributed by atoms with E-state index >= 15 is 0 Å². The van der Waals surface area contributed by atoms with Crippen LogP contribution < -0.4 is 15.4 Å². The number of guanidine groups is 1. The number of nitrogens with zero attached hydrogens (tertiary/aromatic N) is 4. The van der Waals surface area contributed by atoms with Gasteiger partial charge in [-0.2, -0.15) is 0 Å². The highest BCUT2D eigenvalue weighted by atomic mass is 127. The van der Waals surface area contributed by atoms with E-state index < -0.39 is 11.6 Å². The Balaban J connectivity index is 0.00000261. The van der Waals surface area contributed by atoms with Crippen molar-refractivity contribution in [3.8, 4) is 5.75 Å². The van der Waals surface area contributed by atoms with E-state index in [0.717, 1.165) is 23.6 Å². The monoisotopic (exact) mass is 488 g/mol. The number of halogens is 3. The average Bonchev–Trinajstić information content (AvgIpc) is 3.07. The smallest absolute Gasteiger partial charge is 0.191 e. The second-order valence-corrected chi connectivity index (χ2v) is 5.32. The lowest BCUT2D eigenvalue weighted by Gasteiger charge is -2.12. The molecular formula is C17H19F2IN6O. The van der Waals surface area contributed by atoms with E-state index in [9.17, 15) is 8.78 Å². The van der Waals surface area contributed by atoms with Gasteiger partial charge in [-0.15, -0.1) is 34.2 Å². The summed E-state index contributed by atoms with van der Waals surface area (Å²) < 4.78 is 33.2. The lowest BCUT2D eigenvalue weighted by atomic mass is 10.3. The highest BCUT2D eigenvalue weighted by Gasteiger charge is 2.06. The predicted molar refractivity (Wildman–Crippen MR) is 108 cm³/mol. The van der Waals surface area contributed by atoms with Crippen LogP contribution in [-0.4, -0.2) is 40.8 Å². The predicted octanol–water partition coefficient (Wildman–Crippen LogP) is 2.37. The molecule has 7 nitrogen and oxygen atoms in total. The van der Waals surface area contributed by atoms with Gasteiger partial charge in [0, 0.05) is 19.3 Å². The third-order valence-corrected chi connectivity index (χ3v) is 3.58. The zero-order valence-corrected chi connectivity index (χ0v) is 16.9. The van der Waals surface area contributed by atoms with Gasteiger partial charge >= 0.3 is 0 Å². The van der Waals surface area contributed by atoms with Crippen LogP contribution in [0.5, 0.6) is 5.75 Å². The van der Waals surface area contributed by atoms with Crippen LogP contribution in [0, 0.1) is 11.6 Å². The van der Waals surface area contributed by atoms with Gasteiger partial charge in [0.2, 0.25) is 0 Å². The molecule has 3 rings (SSSR count). The van der Waals surface area contributed by atoms with Crippen molar-refractivity contribution < 1.29 is 13.5 Å². The maximum absolute atomic E-state index is 13.1. The maximum atomic E-state index is 13.1. The summed E-state index contributed by atoms with van der Waals surface area (Å²) in [5.41, 5.74) is 0.771. The van der Waals surface area contributed by atoms with Crippen molar-refractivity contribution in [3.05, 3.63) is 60.1 Å². The minimum absolute atomic E-state index is 0. The van der Waals surface area contributed by atoms with Gasteiger partial charge < -0.3 is 15.4 Å². The lowest BCUT2D eigenvalue weighted by Crippen LogP contribution is -2.39. The minimum atomic E-state index is -0.937. The van der Waals surface area contributed by atoms with Gasteiger partial charge in [0.25, 0.3) is 0 Å². The number of hydrogen-bond acceptors (Lipinski definition) is 4. The molecule has 0 bridgehead atoms. The number of nitrogens with one attached hydrogen (secondary N) is 2. The summed E-state index contributed by atoms with van der Waals surface area (Å²) in [4.78, 5) is 4.11. The number of hydrogen-bond donors (Lipinski definition) is 2. The Hall–Kier alpha value is -2.50. The SMILES string of the molecule is CN=C(NCCOc1ccc(F)c(F)c1)NCc1nnc2ccccn12.I. The zero-order chi connectivity index (χ0) is 18.4. The molecule has 2 heterocycles. The quantitative estimate of drug-likeness (QED) is 0.241. The standard InChI is InChI=1S/C17H18F2N6O.HI/c1-20-17(21-7-9-26-12-5-6-13(18)14(19)10-12)22-11-16-24-23-15-4-2-3-8-25(15)16;/h2-6,8,10H,7,9,11H2,1H3,(H2,20,21,22);1H. The first-order valence-electron chi connectivity index (χ1n) is 7.98. The van der Waals surface area contributed by atoms with Crippen molar-refractivity contribution in [2.45, 2.75) is 6.54 Å². The second kappa shape index (κ2) is 10.00. The molecule has 3 aromatic rings. The molecule has 2 aromatic heterocycles. The molecule has 0 atom stereocenters. The van der Waals surface area contributed by atoms with Crippen LogP contribution in [-0.2, 0) is 6.54 Å². The Morgan fingerprint density at radius 1 is 1.15 bits per heavy atom. The molecule has 0 fully saturated rings. The van der Waals surface area contributed by atoms with Crippen molar-refractivity contribution >= 4 is 35.6 Å². The minimum Gasteiger partial charge on any atom is -0.492 e. The highest BCUT2D eigenvalue weighted by Crippen LogP contribution is 2.14. The molecule has 27 heavy (non-hydrogen) atoms. The molecule has 1 aromatic carbocycles. The van der Waals surface area contributed by atoms with Crippen LogP contribution in [0.2, 0.25) is 0 Å². The van der Waals surface area contributed by atoms with Crippen LogP contribution in [0.15, 0.2) is 47.6 Å². The highest BCUT2D eigenvalue weighted by molar-refractivity contribution is 14.0. The number of benzene rings is 1. The Kier molecular flexibility index (Phi) is 7.70. The first kappa shape index (κ1) is 20.8. The molecule has 0 saturated heterocycles. The Morgan fingerprint density at radius 2 is 2.00 bits per heavy atom. The van der Waals surface area contributed by atoms with E-state index in [0.29, 0.717) is 19.0 Å². The first-order valence-corrected chi connectivity index (χ1v) is 7.98. The molecule has 0 unspecified atom stereocenters. The molecule has 0 saturated carbocycles. The number of ether oxygens (including phenoxy) is 1. The Bertz CT molecular complexity index is 917. The third kappa shape index (κ3) is 5.49. The normalized spacial score (nSPS) is 11.1. The summed E-state index contributed by atoms with van der Waals surface area (Å²) in [5.74, 6) is -0.258. The van der Waals surface area contributed by atoms with Crippen molar-refractivity contribution in [3.63, 3.8) is 0 Å². The molecular weight excluding hydrogens is 469 g/mol. The van der Waals surface area contributed by atoms with Crippen molar-refractivity contribution in [1.29, 1.82) is 0 Å². The van der Waals surface area contributed by atoms with E-state index in [1.54, 1.807) is 7.05 Å². The number of aliphatic imine (C=N–C) groups is 1. The topological polar surface area (TPSA) is 75.8 Å². The zero-order valence-electron chi connectivity index (χ0n) is 14.5. The van der Waals surface area contributed by atoms with Gasteiger partial charge in [-0.3, -0.25) is 9.39 Å². The first-order chi connectivity index (χ1) is 12.7. The largest absolute Gasteiger partial charge is 0.492 e. The number of rotatable bonds is 6. The van der Waals surface area contributed by atoms with Crippen molar-refractivity contribution in [2.24, 2.45) is 4.99 Å². The summed E-state index contributed by atoms with van der Waals surface area (Å²) in [6, 6.07) is 9.10. The fourth-order valence-electron chi connectivity index (χ4n) is 2.30. The summed E-state index contributed by atoms with van der Waals surface area (Å²) in [6.07, 6.45) is 1.89. The summed E-state index contributed by atoms with van der Waals surface area (Å²) in [7, 11) is 1.65. The van der Waals surface area contributed by atoms with Crippen LogP contribution in [0.4, 0.5) is 8.78 Å². The van der Waals surface area contributed by atoms with Crippen LogP contribution >= 0.6 is 24.0 Å². The van der Waals surface area contributed by atoms with Gasteiger partial charge in [-0.1, -0.05) is 6.07 Å². The third-order valence-electron chi connectivity index (χ3n) is 3.58. The van der Waals surface area contributed by atoms with Crippen LogP contribution in [0.25, 0.3) is 5.65 Å². The van der Waals surface area contributed by atoms with Gasteiger partial charge in [0.05, 0.1) is 13.1 Å². The maximum Gasteiger partial charge on any atom is 0.191 e. The van der Waals surface area contributed by atoms with E-state index in [2.05, 4.69) is 25.8 Å². The molecule has 144 valence electrons. The van der Waals surface area contributed by atoms with Crippen LogP contribution in [0.3, 0.4) is 0 Å². The van der Waals surface area contributed by atoms with Gasteiger partial charge in [-0.05, 0) is 24.3 Å². The van der Waals surface area contributed by atoms with Crippen LogP contribution in [0.1, 0.15) is 5.82 Å². The molecule has 0 aliphatic carbocycles. The summed E-state index contributed by atoms with van der Waals surface area (Å²) in [6.45, 7) is 1.13. The van der Waals surface area contributed by atoms with Crippen molar-refractivity contribution in [2.75, 3.05) is 20.2 Å². The van der Waals surface area contributed by atoms with Crippen molar-refractivity contribution in [1.82, 2.24) is 25.2 Å². The van der Waals surface area contributed by atoms with Gasteiger partial charge in [-0.25, -0.2) is 8.78 Å². The summed E-state index contributed by atoms with van der Waals surface area (Å²) in [5, 5.41) is 14.4. The van der Waals surface area contributed by atoms with E-state index in [4.69, 9.17) is 4.74 Å². The fraction of sp³-hybridized carbons (Fsp3) is 0.235. The summed E-state index contributed by atoms with van der Waals surface area (Å²) >= 11 is 0. The molecule has 0 spiro atoms. The fourth-order valence-corrected chi connectivity index (χ4v) is 2.30. The second-order valence-electron chi connectivity index (χ2n) is 5.32. The Morgan fingerprint density at radius 3 is 2.78 bits per heavy atom. The molecule has 0 amide bonds. The number of fused-ring (bicyclic) bond motifs is 1. The van der Waals surface area contributed by atoms with E-state index in [1.807, 2.05) is 28.8 Å². The average molecular weight is 488 g/mol. The Labute approximate surface area is 171 Å². The number of pyridine rings is 1. The molecule has 0 radical (unpaired) electrons. The molecule has 0 aliphatic rings. The van der Waals surface area contributed by atoms with Gasteiger partial charge in [0.1, 0.15) is 12.4 Å². The molecule has 2 N–H and O–H groups in total. The lowest BCUT2D eigenvalue weighted by molar-refractivity contribution is 0.318.